The van der Waals surface area contributed by atoms with E-state index >= 15 is 0 Å². The maximum absolute atomic E-state index is 13.1. The number of carboxylic acid groups (broad SMARTS) is 1. The highest BCUT2D eigenvalue weighted by Gasteiger charge is 2.47. The molecule has 0 spiro atoms. The second-order valence-electron chi connectivity index (χ2n) is 6.67. The van der Waals surface area contributed by atoms with Crippen LogP contribution in [-0.4, -0.2) is 38.9 Å². The number of nitro groups is 1. The predicted molar refractivity (Wildman–Crippen MR) is 85.8 cm³/mol. The molecule has 0 bridgehead atoms. The van der Waals surface area contributed by atoms with E-state index in [1.807, 2.05) is 0 Å². The monoisotopic (exact) mass is 332 g/mol. The Morgan fingerprint density at radius 3 is 2.67 bits per heavy atom. The van der Waals surface area contributed by atoms with E-state index in [2.05, 4.69) is 0 Å². The molecule has 1 saturated carbocycles. The number of hydrogen-bond acceptors (Lipinski definition) is 4. The van der Waals surface area contributed by atoms with Crippen molar-refractivity contribution in [2.45, 2.75) is 51.1 Å². The van der Waals surface area contributed by atoms with E-state index in [-0.39, 0.29) is 23.2 Å². The molecule has 3 atom stereocenters. The molecular formula is C17H20N2O5. The van der Waals surface area contributed by atoms with Gasteiger partial charge in [-0.15, -0.1) is 0 Å². The first-order valence-electron chi connectivity index (χ1n) is 8.20. The van der Waals surface area contributed by atoms with Gasteiger partial charge in [-0.1, -0.05) is 18.9 Å². The van der Waals surface area contributed by atoms with Crippen molar-refractivity contribution in [3.63, 3.8) is 0 Å². The number of fused-ring (bicyclic) bond motifs is 1. The van der Waals surface area contributed by atoms with Crippen molar-refractivity contribution >= 4 is 17.6 Å². The molecule has 0 radical (unpaired) electrons. The summed E-state index contributed by atoms with van der Waals surface area (Å²) < 4.78 is 0. The summed E-state index contributed by atoms with van der Waals surface area (Å²) in [5, 5.41) is 20.5. The fourth-order valence-electron chi connectivity index (χ4n) is 4.07. The second-order valence-corrected chi connectivity index (χ2v) is 6.67. The number of benzene rings is 1. The molecular weight excluding hydrogens is 312 g/mol. The minimum absolute atomic E-state index is 0.0778. The lowest BCUT2D eigenvalue weighted by atomic mass is 9.84. The number of rotatable bonds is 3. The van der Waals surface area contributed by atoms with Gasteiger partial charge in [0.25, 0.3) is 11.6 Å². The number of aliphatic carboxylic acids is 1. The number of nitrogens with zero attached hydrogens (tertiary/aromatic N) is 2. The Labute approximate surface area is 139 Å². The van der Waals surface area contributed by atoms with Gasteiger partial charge in [-0.3, -0.25) is 14.9 Å². The number of carbonyl (C=O) groups excluding carboxylic acids is 1. The first-order chi connectivity index (χ1) is 11.4. The number of hydrogen-bond donors (Lipinski definition) is 1. The van der Waals surface area contributed by atoms with Crippen LogP contribution >= 0.6 is 0 Å². The summed E-state index contributed by atoms with van der Waals surface area (Å²) in [7, 11) is 0. The van der Waals surface area contributed by atoms with Crippen LogP contribution in [0.25, 0.3) is 0 Å². The molecule has 0 aromatic heterocycles. The first kappa shape index (κ1) is 16.4. The topological polar surface area (TPSA) is 101 Å². The number of non-ortho nitro benzene ring substituents is 1. The van der Waals surface area contributed by atoms with Gasteiger partial charge in [-0.05, 0) is 37.7 Å². The van der Waals surface area contributed by atoms with Crippen LogP contribution < -0.4 is 0 Å². The zero-order valence-corrected chi connectivity index (χ0v) is 13.5. The van der Waals surface area contributed by atoms with Gasteiger partial charge in [0.2, 0.25) is 0 Å². The van der Waals surface area contributed by atoms with Crippen LogP contribution in [0.15, 0.2) is 18.2 Å². The average Bonchev–Trinajstić information content (AvgIpc) is 2.94. The van der Waals surface area contributed by atoms with Gasteiger partial charge in [0.05, 0.1) is 4.92 Å². The molecule has 2 aliphatic rings. The number of amides is 1. The summed E-state index contributed by atoms with van der Waals surface area (Å²) >= 11 is 0. The van der Waals surface area contributed by atoms with E-state index in [1.54, 1.807) is 6.92 Å². The summed E-state index contributed by atoms with van der Waals surface area (Å²) in [6.45, 7) is 1.71. The van der Waals surface area contributed by atoms with Crippen LogP contribution in [0.1, 0.15) is 48.0 Å². The van der Waals surface area contributed by atoms with Crippen molar-refractivity contribution in [3.05, 3.63) is 39.4 Å². The summed E-state index contributed by atoms with van der Waals surface area (Å²) in [5.74, 6) is -1.19. The number of carbonyl (C=O) groups is 2. The summed E-state index contributed by atoms with van der Waals surface area (Å²) in [5.41, 5.74) is 0.686. The van der Waals surface area contributed by atoms with E-state index in [9.17, 15) is 24.8 Å². The molecule has 1 aliphatic carbocycles. The van der Waals surface area contributed by atoms with Gasteiger partial charge < -0.3 is 10.0 Å². The van der Waals surface area contributed by atoms with Crippen molar-refractivity contribution in [2.24, 2.45) is 5.92 Å². The van der Waals surface area contributed by atoms with Crippen molar-refractivity contribution in [1.82, 2.24) is 4.90 Å². The van der Waals surface area contributed by atoms with Crippen LogP contribution in [-0.2, 0) is 4.79 Å². The van der Waals surface area contributed by atoms with Gasteiger partial charge in [-0.25, -0.2) is 4.79 Å². The number of carboxylic acids is 1. The normalized spacial score (nSPS) is 26.0. The minimum atomic E-state index is -0.999. The van der Waals surface area contributed by atoms with Crippen molar-refractivity contribution < 1.29 is 19.6 Å². The second kappa shape index (κ2) is 6.22. The van der Waals surface area contributed by atoms with Gasteiger partial charge >= 0.3 is 5.97 Å². The van der Waals surface area contributed by atoms with E-state index < -0.39 is 22.8 Å². The molecule has 7 nitrogen and oxygen atoms in total. The van der Waals surface area contributed by atoms with Crippen molar-refractivity contribution in [2.75, 3.05) is 0 Å². The van der Waals surface area contributed by atoms with Gasteiger partial charge in [0.1, 0.15) is 6.04 Å². The van der Waals surface area contributed by atoms with Crippen molar-refractivity contribution in [3.8, 4) is 0 Å². The maximum atomic E-state index is 13.1. The molecule has 24 heavy (non-hydrogen) atoms. The van der Waals surface area contributed by atoms with Gasteiger partial charge in [0.15, 0.2) is 0 Å². The average molecular weight is 332 g/mol. The highest BCUT2D eigenvalue weighted by Crippen LogP contribution is 2.41. The van der Waals surface area contributed by atoms with Crippen LogP contribution in [0.4, 0.5) is 5.69 Å². The fourth-order valence-corrected chi connectivity index (χ4v) is 4.07. The molecule has 1 saturated heterocycles. The Kier molecular flexibility index (Phi) is 4.26. The predicted octanol–water partition coefficient (Wildman–Crippen LogP) is 2.76. The zero-order valence-electron chi connectivity index (χ0n) is 13.5. The lowest BCUT2D eigenvalue weighted by molar-refractivity contribution is -0.384. The molecule has 1 aromatic carbocycles. The molecule has 1 aromatic rings. The molecule has 1 heterocycles. The first-order valence-corrected chi connectivity index (χ1v) is 8.20. The highest BCUT2D eigenvalue weighted by molar-refractivity contribution is 5.99. The minimum Gasteiger partial charge on any atom is -0.480 e. The molecule has 128 valence electrons. The molecule has 2 fully saturated rings. The standard InChI is InChI=1S/C17H20N2O5/c1-10-6-7-12(19(23)24)9-13(10)16(20)18-14-5-3-2-4-11(14)8-15(18)17(21)22/h6-7,9,11,14-15H,2-5,8H2,1H3,(H,21,22). The van der Waals surface area contributed by atoms with E-state index in [0.717, 1.165) is 25.7 Å². The summed E-state index contributed by atoms with van der Waals surface area (Å²) in [6, 6.07) is 3.23. The van der Waals surface area contributed by atoms with E-state index in [1.165, 1.54) is 23.1 Å². The third-order valence-corrected chi connectivity index (χ3v) is 5.27. The Morgan fingerprint density at radius 2 is 2.00 bits per heavy atom. The Hall–Kier alpha value is -2.44. The van der Waals surface area contributed by atoms with E-state index in [4.69, 9.17) is 0 Å². The zero-order chi connectivity index (χ0) is 17.4. The lowest BCUT2D eigenvalue weighted by Crippen LogP contribution is -2.46. The SMILES string of the molecule is Cc1ccc([N+](=O)[O-])cc1C(=O)N1C(C(=O)O)CC2CCCCC21. The van der Waals surface area contributed by atoms with E-state index in [0.29, 0.717) is 12.0 Å². The number of aryl methyl sites for hydroxylation is 1. The highest BCUT2D eigenvalue weighted by atomic mass is 16.6. The molecule has 1 amide bonds. The van der Waals surface area contributed by atoms with Crippen LogP contribution in [0, 0.1) is 23.0 Å². The van der Waals surface area contributed by atoms with Gasteiger partial charge in [0, 0.05) is 23.7 Å². The van der Waals surface area contributed by atoms with Gasteiger partial charge in [-0.2, -0.15) is 0 Å². The maximum Gasteiger partial charge on any atom is 0.326 e. The Morgan fingerprint density at radius 1 is 1.29 bits per heavy atom. The number of nitro benzene ring substituents is 1. The smallest absolute Gasteiger partial charge is 0.326 e. The number of likely N-dealkylation sites (tertiary alicyclic amines) is 1. The summed E-state index contributed by atoms with van der Waals surface area (Å²) in [4.78, 5) is 36.6. The third-order valence-electron chi connectivity index (χ3n) is 5.27. The summed E-state index contributed by atoms with van der Waals surface area (Å²) in [6.07, 6.45) is 4.25. The Balaban J connectivity index is 1.99. The van der Waals surface area contributed by atoms with Crippen LogP contribution in [0.3, 0.4) is 0 Å². The molecule has 1 aliphatic heterocycles. The fraction of sp³-hybridized carbons (Fsp3) is 0.529. The molecule has 3 rings (SSSR count). The lowest BCUT2D eigenvalue weighted by Gasteiger charge is -2.33. The van der Waals surface area contributed by atoms with Crippen molar-refractivity contribution in [1.29, 1.82) is 0 Å². The quantitative estimate of drug-likeness (QED) is 0.677. The van der Waals surface area contributed by atoms with Crippen LogP contribution in [0.5, 0.6) is 0 Å². The molecule has 3 unspecified atom stereocenters. The molecule has 1 N–H and O–H groups in total. The largest absolute Gasteiger partial charge is 0.480 e. The van der Waals surface area contributed by atoms with Crippen LogP contribution in [0.2, 0.25) is 0 Å². The third kappa shape index (κ3) is 2.74. The Bertz CT molecular complexity index is 702. The molecule has 7 heteroatoms.